The number of aromatic nitrogens is 2. The molecule has 1 aromatic heterocycles. The van der Waals surface area contributed by atoms with Crippen LogP contribution in [0.4, 0.5) is 11.6 Å². The topological polar surface area (TPSA) is 84.1 Å². The van der Waals surface area contributed by atoms with Crippen LogP contribution in [0, 0.1) is 0 Å². The molecule has 0 saturated carbocycles. The first-order valence-electron chi connectivity index (χ1n) is 7.90. The average molecular weight is 311 g/mol. The van der Waals surface area contributed by atoms with Crippen LogP contribution in [-0.4, -0.2) is 35.0 Å². The van der Waals surface area contributed by atoms with Crippen molar-refractivity contribution in [3.05, 3.63) is 48.3 Å². The summed E-state index contributed by atoms with van der Waals surface area (Å²) in [6, 6.07) is 11.9. The lowest BCUT2D eigenvalue weighted by Crippen LogP contribution is -2.40. The molecule has 1 atom stereocenters. The maximum absolute atomic E-state index is 11.5. The summed E-state index contributed by atoms with van der Waals surface area (Å²) < 4.78 is 0. The molecular formula is C17H21N5O. The number of nitrogens with zero attached hydrogens (tertiary/aromatic N) is 3. The first-order chi connectivity index (χ1) is 11.2. The number of rotatable bonds is 6. The van der Waals surface area contributed by atoms with Crippen molar-refractivity contribution in [1.82, 2.24) is 9.97 Å². The van der Waals surface area contributed by atoms with Gasteiger partial charge in [-0.05, 0) is 24.8 Å². The fraction of sp³-hybridized carbons (Fsp3) is 0.353. The molecule has 6 nitrogen and oxygen atoms in total. The number of anilines is 2. The average Bonchev–Trinajstić information content (AvgIpc) is 3.06. The molecular weight excluding hydrogens is 290 g/mol. The highest BCUT2D eigenvalue weighted by Gasteiger charge is 2.30. The van der Waals surface area contributed by atoms with Crippen LogP contribution in [0.25, 0.3) is 0 Å². The molecule has 0 radical (unpaired) electrons. The zero-order chi connectivity index (χ0) is 16.1. The molecule has 1 aromatic carbocycles. The molecule has 2 aromatic rings. The van der Waals surface area contributed by atoms with E-state index in [9.17, 15) is 4.79 Å². The number of hydrogen-bond donors (Lipinski definition) is 2. The predicted molar refractivity (Wildman–Crippen MR) is 90.2 cm³/mol. The molecule has 3 rings (SSSR count). The van der Waals surface area contributed by atoms with Crippen LogP contribution in [0.3, 0.4) is 0 Å². The Morgan fingerprint density at radius 1 is 1.30 bits per heavy atom. The van der Waals surface area contributed by atoms with Crippen LogP contribution in [0.15, 0.2) is 42.7 Å². The number of amides is 1. The van der Waals surface area contributed by atoms with E-state index in [1.54, 1.807) is 0 Å². The largest absolute Gasteiger partial charge is 0.370 e. The number of benzene rings is 1. The van der Waals surface area contributed by atoms with Gasteiger partial charge >= 0.3 is 0 Å². The highest BCUT2D eigenvalue weighted by atomic mass is 16.1. The zero-order valence-electron chi connectivity index (χ0n) is 13.0. The molecule has 23 heavy (non-hydrogen) atoms. The molecule has 6 heteroatoms. The van der Waals surface area contributed by atoms with Crippen LogP contribution in [-0.2, 0) is 11.2 Å². The second-order valence-electron chi connectivity index (χ2n) is 5.68. The monoisotopic (exact) mass is 311 g/mol. The van der Waals surface area contributed by atoms with Crippen molar-refractivity contribution in [2.45, 2.75) is 25.3 Å². The summed E-state index contributed by atoms with van der Waals surface area (Å²) in [5.41, 5.74) is 6.75. The predicted octanol–water partition coefficient (Wildman–Crippen LogP) is 1.59. The molecule has 1 fully saturated rings. The Morgan fingerprint density at radius 3 is 2.91 bits per heavy atom. The lowest BCUT2D eigenvalue weighted by Gasteiger charge is -2.23. The normalized spacial score (nSPS) is 17.2. The van der Waals surface area contributed by atoms with Gasteiger partial charge in [0.05, 0.1) is 0 Å². The van der Waals surface area contributed by atoms with Gasteiger partial charge in [-0.25, -0.2) is 9.97 Å². The van der Waals surface area contributed by atoms with Gasteiger partial charge in [0.2, 0.25) is 5.91 Å². The van der Waals surface area contributed by atoms with E-state index in [-0.39, 0.29) is 11.9 Å². The molecule has 1 amide bonds. The minimum atomic E-state index is -0.292. The van der Waals surface area contributed by atoms with Gasteiger partial charge in [0.1, 0.15) is 24.0 Å². The SMILES string of the molecule is NC(=O)C1CCCN1c1cc(NCCc2ccccc2)ncn1. The number of nitrogens with two attached hydrogens (primary N) is 1. The minimum Gasteiger partial charge on any atom is -0.370 e. The summed E-state index contributed by atoms with van der Waals surface area (Å²) in [6.07, 6.45) is 4.19. The van der Waals surface area contributed by atoms with Crippen LogP contribution >= 0.6 is 0 Å². The number of primary amides is 1. The fourth-order valence-corrected chi connectivity index (χ4v) is 2.92. The van der Waals surface area contributed by atoms with Gasteiger partial charge in [-0.3, -0.25) is 4.79 Å². The van der Waals surface area contributed by atoms with E-state index in [1.165, 1.54) is 11.9 Å². The molecule has 0 spiro atoms. The number of nitrogens with one attached hydrogen (secondary N) is 1. The van der Waals surface area contributed by atoms with Crippen molar-refractivity contribution < 1.29 is 4.79 Å². The minimum absolute atomic E-state index is 0.262. The molecule has 1 aliphatic heterocycles. The molecule has 1 aliphatic rings. The molecule has 0 aliphatic carbocycles. The Hall–Kier alpha value is -2.63. The van der Waals surface area contributed by atoms with Crippen molar-refractivity contribution in [1.29, 1.82) is 0 Å². The first-order valence-corrected chi connectivity index (χ1v) is 7.90. The maximum Gasteiger partial charge on any atom is 0.240 e. The molecule has 1 unspecified atom stereocenters. The third-order valence-corrected chi connectivity index (χ3v) is 4.09. The number of carbonyl (C=O) groups is 1. The summed E-state index contributed by atoms with van der Waals surface area (Å²) >= 11 is 0. The standard InChI is InChI=1S/C17H21N5O/c18-17(23)14-7-4-10-22(14)16-11-15(20-12-21-16)19-9-8-13-5-2-1-3-6-13/h1-3,5-6,11-12,14H,4,7-10H2,(H2,18,23)(H,19,20,21). The van der Waals surface area contributed by atoms with Gasteiger partial charge in [0.15, 0.2) is 0 Å². The van der Waals surface area contributed by atoms with Crippen molar-refractivity contribution in [3.8, 4) is 0 Å². The van der Waals surface area contributed by atoms with Gasteiger partial charge in [-0.15, -0.1) is 0 Å². The van der Waals surface area contributed by atoms with Crippen LogP contribution in [0.1, 0.15) is 18.4 Å². The smallest absolute Gasteiger partial charge is 0.240 e. The third kappa shape index (κ3) is 3.77. The molecule has 0 bridgehead atoms. The summed E-state index contributed by atoms with van der Waals surface area (Å²) in [4.78, 5) is 22.0. The first kappa shape index (κ1) is 15.3. The second-order valence-corrected chi connectivity index (χ2v) is 5.68. The summed E-state index contributed by atoms with van der Waals surface area (Å²) in [5.74, 6) is 1.23. The Morgan fingerprint density at radius 2 is 2.13 bits per heavy atom. The van der Waals surface area contributed by atoms with Crippen molar-refractivity contribution in [2.75, 3.05) is 23.3 Å². The van der Waals surface area contributed by atoms with Crippen LogP contribution in [0.2, 0.25) is 0 Å². The highest BCUT2D eigenvalue weighted by molar-refractivity contribution is 5.84. The summed E-state index contributed by atoms with van der Waals surface area (Å²) in [7, 11) is 0. The maximum atomic E-state index is 11.5. The van der Waals surface area contributed by atoms with E-state index in [1.807, 2.05) is 29.2 Å². The number of hydrogen-bond acceptors (Lipinski definition) is 5. The molecule has 120 valence electrons. The lowest BCUT2D eigenvalue weighted by atomic mass is 10.1. The highest BCUT2D eigenvalue weighted by Crippen LogP contribution is 2.24. The van der Waals surface area contributed by atoms with E-state index in [4.69, 9.17) is 5.73 Å². The van der Waals surface area contributed by atoms with Crippen molar-refractivity contribution >= 4 is 17.5 Å². The van der Waals surface area contributed by atoms with Gasteiger partial charge in [0, 0.05) is 19.2 Å². The van der Waals surface area contributed by atoms with Gasteiger partial charge in [-0.2, -0.15) is 0 Å². The fourth-order valence-electron chi connectivity index (χ4n) is 2.92. The lowest BCUT2D eigenvalue weighted by molar-refractivity contribution is -0.119. The Kier molecular flexibility index (Phi) is 4.71. The summed E-state index contributed by atoms with van der Waals surface area (Å²) in [6.45, 7) is 1.59. The van der Waals surface area contributed by atoms with Crippen molar-refractivity contribution in [3.63, 3.8) is 0 Å². The summed E-state index contributed by atoms with van der Waals surface area (Å²) in [5, 5.41) is 3.31. The van der Waals surface area contributed by atoms with Gasteiger partial charge < -0.3 is 16.0 Å². The molecule has 3 N–H and O–H groups in total. The quantitative estimate of drug-likeness (QED) is 0.846. The third-order valence-electron chi connectivity index (χ3n) is 4.09. The van der Waals surface area contributed by atoms with E-state index in [2.05, 4.69) is 27.4 Å². The second kappa shape index (κ2) is 7.09. The zero-order valence-corrected chi connectivity index (χ0v) is 13.0. The van der Waals surface area contributed by atoms with Gasteiger partial charge in [-0.1, -0.05) is 30.3 Å². The Labute approximate surface area is 135 Å². The van der Waals surface area contributed by atoms with Gasteiger partial charge in [0.25, 0.3) is 0 Å². The van der Waals surface area contributed by atoms with Crippen LogP contribution < -0.4 is 16.0 Å². The molecule has 2 heterocycles. The Bertz CT molecular complexity index is 661. The van der Waals surface area contributed by atoms with E-state index >= 15 is 0 Å². The van der Waals surface area contributed by atoms with E-state index in [0.29, 0.717) is 0 Å². The molecule has 1 saturated heterocycles. The van der Waals surface area contributed by atoms with Crippen LogP contribution in [0.5, 0.6) is 0 Å². The Balaban J connectivity index is 1.62. The number of carbonyl (C=O) groups excluding carboxylic acids is 1. The van der Waals surface area contributed by atoms with Crippen molar-refractivity contribution in [2.24, 2.45) is 5.73 Å². The van der Waals surface area contributed by atoms with E-state index in [0.717, 1.165) is 44.0 Å². The van der Waals surface area contributed by atoms with E-state index < -0.39 is 0 Å².